The van der Waals surface area contributed by atoms with E-state index in [1.807, 2.05) is 0 Å². The monoisotopic (exact) mass is 172 g/mol. The van der Waals surface area contributed by atoms with Crippen LogP contribution in [0.5, 0.6) is 0 Å². The van der Waals surface area contributed by atoms with Gasteiger partial charge in [-0.2, -0.15) is 0 Å². The Kier molecular flexibility index (Phi) is 2.22. The molecule has 64 valence electrons. The van der Waals surface area contributed by atoms with Crippen molar-refractivity contribution in [3.05, 3.63) is 0 Å². The van der Waals surface area contributed by atoms with Crippen LogP contribution in [0.3, 0.4) is 0 Å². The third-order valence-electron chi connectivity index (χ3n) is 2.02. The topological polar surface area (TPSA) is 35.8 Å². The predicted molar refractivity (Wildman–Crippen MR) is 48.5 cm³/mol. The second-order valence-corrected chi connectivity index (χ2v) is 8.82. The van der Waals surface area contributed by atoms with E-state index in [9.17, 15) is 0 Å². The molecule has 0 aliphatic carbocycles. The maximum absolute atomic E-state index is 8.67. The van der Waals surface area contributed by atoms with Crippen molar-refractivity contribution in [3.8, 4) is 0 Å². The van der Waals surface area contributed by atoms with Gasteiger partial charge in [0.2, 0.25) is 0 Å². The number of nitrogens with zero attached hydrogens (tertiary/aromatic N) is 2. The summed E-state index contributed by atoms with van der Waals surface area (Å²) in [5.41, 5.74) is 0. The summed E-state index contributed by atoms with van der Waals surface area (Å²) in [6, 6.07) is 0. The first-order chi connectivity index (χ1) is 5.05. The Balaban J connectivity index is 2.72. The van der Waals surface area contributed by atoms with Crippen molar-refractivity contribution in [1.82, 2.24) is 4.57 Å². The highest BCUT2D eigenvalue weighted by Crippen LogP contribution is 2.19. The van der Waals surface area contributed by atoms with Crippen LogP contribution in [0.2, 0.25) is 19.6 Å². The molecule has 0 atom stereocenters. The third-order valence-corrected chi connectivity index (χ3v) is 4.12. The molecule has 0 spiro atoms. The van der Waals surface area contributed by atoms with Gasteiger partial charge in [0.25, 0.3) is 0 Å². The van der Waals surface area contributed by atoms with E-state index in [4.69, 9.17) is 5.21 Å². The standard InChI is InChI=1S/C7H16N2OSi/c1-11(2,3)9-6-4-5-7(9)8-10/h10H,4-6H2,1-3H3. The van der Waals surface area contributed by atoms with Crippen LogP contribution in [0.4, 0.5) is 0 Å². The molecule has 0 bridgehead atoms. The highest BCUT2D eigenvalue weighted by molar-refractivity contribution is 6.75. The van der Waals surface area contributed by atoms with Crippen LogP contribution in [-0.2, 0) is 0 Å². The molecule has 1 rings (SSSR count). The van der Waals surface area contributed by atoms with Gasteiger partial charge in [-0.05, 0) is 6.42 Å². The zero-order chi connectivity index (χ0) is 8.48. The minimum Gasteiger partial charge on any atom is -0.409 e. The summed E-state index contributed by atoms with van der Waals surface area (Å²) < 4.78 is 2.28. The Morgan fingerprint density at radius 2 is 2.09 bits per heavy atom. The van der Waals surface area contributed by atoms with E-state index in [-0.39, 0.29) is 0 Å². The quantitative estimate of drug-likeness (QED) is 0.371. The first-order valence-electron chi connectivity index (χ1n) is 4.04. The molecule has 0 aromatic heterocycles. The Morgan fingerprint density at radius 3 is 2.45 bits per heavy atom. The Morgan fingerprint density at radius 1 is 1.45 bits per heavy atom. The summed E-state index contributed by atoms with van der Waals surface area (Å²) in [5.74, 6) is 0.893. The maximum atomic E-state index is 8.67. The van der Waals surface area contributed by atoms with Gasteiger partial charge in [-0.1, -0.05) is 24.8 Å². The highest BCUT2D eigenvalue weighted by Gasteiger charge is 2.30. The van der Waals surface area contributed by atoms with Crippen molar-refractivity contribution in [2.24, 2.45) is 5.16 Å². The van der Waals surface area contributed by atoms with Crippen LogP contribution in [-0.4, -0.2) is 30.4 Å². The Hall–Kier alpha value is -0.513. The number of hydrogen-bond donors (Lipinski definition) is 1. The van der Waals surface area contributed by atoms with Crippen molar-refractivity contribution < 1.29 is 5.21 Å². The lowest BCUT2D eigenvalue weighted by Gasteiger charge is -2.31. The first kappa shape index (κ1) is 8.58. The van der Waals surface area contributed by atoms with Crippen LogP contribution >= 0.6 is 0 Å². The fourth-order valence-electron chi connectivity index (χ4n) is 1.49. The molecule has 0 unspecified atom stereocenters. The van der Waals surface area contributed by atoms with Crippen LogP contribution in [0.25, 0.3) is 0 Å². The lowest BCUT2D eigenvalue weighted by atomic mass is 10.4. The van der Waals surface area contributed by atoms with Crippen molar-refractivity contribution in [1.29, 1.82) is 0 Å². The van der Waals surface area contributed by atoms with E-state index >= 15 is 0 Å². The van der Waals surface area contributed by atoms with Crippen molar-refractivity contribution in [3.63, 3.8) is 0 Å². The van der Waals surface area contributed by atoms with Crippen molar-refractivity contribution in [2.75, 3.05) is 6.54 Å². The van der Waals surface area contributed by atoms with E-state index in [0.29, 0.717) is 0 Å². The normalized spacial score (nSPS) is 23.2. The molecular weight excluding hydrogens is 156 g/mol. The van der Waals surface area contributed by atoms with Crippen LogP contribution in [0.1, 0.15) is 12.8 Å². The van der Waals surface area contributed by atoms with E-state index in [1.165, 1.54) is 0 Å². The molecule has 0 amide bonds. The largest absolute Gasteiger partial charge is 0.409 e. The van der Waals surface area contributed by atoms with E-state index in [0.717, 1.165) is 25.2 Å². The van der Waals surface area contributed by atoms with Gasteiger partial charge >= 0.3 is 0 Å². The average Bonchev–Trinajstić information content (AvgIpc) is 2.31. The minimum absolute atomic E-state index is 0.893. The Bertz CT molecular complexity index is 174. The summed E-state index contributed by atoms with van der Waals surface area (Å²) in [6.07, 6.45) is 2.09. The van der Waals surface area contributed by atoms with Gasteiger partial charge in [0.15, 0.2) is 0 Å². The molecule has 1 aliphatic rings. The summed E-state index contributed by atoms with van der Waals surface area (Å²) in [6.45, 7) is 7.88. The maximum Gasteiger partial charge on any atom is 0.149 e. The first-order valence-corrected chi connectivity index (χ1v) is 7.49. The lowest BCUT2D eigenvalue weighted by molar-refractivity contribution is 0.312. The second kappa shape index (κ2) is 2.85. The van der Waals surface area contributed by atoms with Gasteiger partial charge in [-0.15, -0.1) is 0 Å². The van der Waals surface area contributed by atoms with Crippen LogP contribution < -0.4 is 0 Å². The molecular formula is C7H16N2OSi. The fourth-order valence-corrected chi connectivity index (χ4v) is 3.25. The van der Waals surface area contributed by atoms with Gasteiger partial charge in [-0.3, -0.25) is 0 Å². The molecule has 11 heavy (non-hydrogen) atoms. The average molecular weight is 172 g/mol. The highest BCUT2D eigenvalue weighted by atomic mass is 28.3. The zero-order valence-electron chi connectivity index (χ0n) is 7.46. The number of amidine groups is 1. The number of hydrogen-bond acceptors (Lipinski definition) is 2. The van der Waals surface area contributed by atoms with Gasteiger partial charge in [-0.25, -0.2) is 0 Å². The van der Waals surface area contributed by atoms with E-state index in [2.05, 4.69) is 29.4 Å². The third kappa shape index (κ3) is 1.74. The molecule has 0 saturated carbocycles. The molecule has 1 heterocycles. The van der Waals surface area contributed by atoms with E-state index < -0.39 is 8.24 Å². The summed E-state index contributed by atoms with van der Waals surface area (Å²) in [5, 5.41) is 12.0. The molecule has 1 N–H and O–H groups in total. The molecule has 4 heteroatoms. The van der Waals surface area contributed by atoms with Crippen molar-refractivity contribution >= 4 is 14.1 Å². The summed E-state index contributed by atoms with van der Waals surface area (Å²) in [4.78, 5) is 0. The Labute approximate surface area is 68.8 Å². The molecule has 0 aromatic rings. The molecule has 0 radical (unpaired) electrons. The SMILES string of the molecule is C[Si](C)(C)N1CCCC1=NO. The predicted octanol–water partition coefficient (Wildman–Crippen LogP) is 1.70. The minimum atomic E-state index is -1.27. The molecule has 1 saturated heterocycles. The zero-order valence-corrected chi connectivity index (χ0v) is 8.46. The molecule has 0 aromatic carbocycles. The smallest absolute Gasteiger partial charge is 0.149 e. The summed E-state index contributed by atoms with van der Waals surface area (Å²) in [7, 11) is -1.27. The molecule has 1 aliphatic heterocycles. The van der Waals surface area contributed by atoms with Crippen LogP contribution in [0.15, 0.2) is 5.16 Å². The number of rotatable bonds is 1. The lowest BCUT2D eigenvalue weighted by Crippen LogP contribution is -2.46. The van der Waals surface area contributed by atoms with Crippen molar-refractivity contribution in [2.45, 2.75) is 32.5 Å². The molecule has 1 fully saturated rings. The van der Waals surface area contributed by atoms with Gasteiger partial charge in [0.05, 0.1) is 0 Å². The van der Waals surface area contributed by atoms with E-state index in [1.54, 1.807) is 0 Å². The number of oxime groups is 1. The molecule has 3 nitrogen and oxygen atoms in total. The van der Waals surface area contributed by atoms with Gasteiger partial charge in [0.1, 0.15) is 14.1 Å². The summed E-state index contributed by atoms with van der Waals surface area (Å²) >= 11 is 0. The second-order valence-electron chi connectivity index (χ2n) is 3.94. The van der Waals surface area contributed by atoms with Gasteiger partial charge < -0.3 is 9.77 Å². The van der Waals surface area contributed by atoms with Gasteiger partial charge in [0, 0.05) is 13.0 Å². The van der Waals surface area contributed by atoms with Crippen LogP contribution in [0, 0.1) is 0 Å². The fraction of sp³-hybridized carbons (Fsp3) is 0.857.